The van der Waals surface area contributed by atoms with Crippen LogP contribution in [0.2, 0.25) is 0 Å². The van der Waals surface area contributed by atoms with Crippen LogP contribution in [-0.2, 0) is 0 Å². The number of hydrogen-bond donors (Lipinski definition) is 3. The van der Waals surface area contributed by atoms with Crippen LogP contribution in [0, 0.1) is 5.92 Å². The summed E-state index contributed by atoms with van der Waals surface area (Å²) in [7, 11) is 0. The molecule has 18 heavy (non-hydrogen) atoms. The first kappa shape index (κ1) is 12.8. The molecule has 1 aliphatic rings. The van der Waals surface area contributed by atoms with Crippen LogP contribution >= 0.6 is 0 Å². The first-order valence-electron chi connectivity index (χ1n) is 6.14. The molecule has 1 aliphatic carbocycles. The topological polar surface area (TPSA) is 95.3 Å². The van der Waals surface area contributed by atoms with Crippen molar-refractivity contribution >= 4 is 11.8 Å². The van der Waals surface area contributed by atoms with Crippen molar-refractivity contribution in [1.82, 2.24) is 9.97 Å². The number of carboxylic acid groups (broad SMARTS) is 1. The van der Waals surface area contributed by atoms with Crippen molar-refractivity contribution in [3.63, 3.8) is 0 Å². The number of aromatic carboxylic acids is 1. The third-order valence-electron chi connectivity index (χ3n) is 3.29. The second kappa shape index (κ2) is 5.77. The fourth-order valence-electron chi connectivity index (χ4n) is 2.19. The SMILES string of the molecule is O=C(O)c1cnc(NC[C@H]2CCCC[C@@H]2O)cn1. The smallest absolute Gasteiger partial charge is 0.356 e. The van der Waals surface area contributed by atoms with Crippen molar-refractivity contribution in [1.29, 1.82) is 0 Å². The molecule has 0 radical (unpaired) electrons. The molecule has 1 heterocycles. The van der Waals surface area contributed by atoms with E-state index in [4.69, 9.17) is 5.11 Å². The Balaban J connectivity index is 1.87. The van der Waals surface area contributed by atoms with Crippen LogP contribution in [0.3, 0.4) is 0 Å². The maximum atomic E-state index is 10.6. The summed E-state index contributed by atoms with van der Waals surface area (Å²) in [6.07, 6.45) is 6.47. The number of carbonyl (C=O) groups is 1. The molecule has 0 amide bonds. The zero-order valence-corrected chi connectivity index (χ0v) is 10.0. The highest BCUT2D eigenvalue weighted by Crippen LogP contribution is 2.24. The predicted octanol–water partition coefficient (Wildman–Crippen LogP) is 1.14. The van der Waals surface area contributed by atoms with Crippen molar-refractivity contribution in [3.05, 3.63) is 18.1 Å². The number of carboxylic acids is 1. The summed E-state index contributed by atoms with van der Waals surface area (Å²) < 4.78 is 0. The molecule has 1 fully saturated rings. The van der Waals surface area contributed by atoms with Crippen LogP contribution in [0.15, 0.2) is 12.4 Å². The molecule has 1 saturated carbocycles. The van der Waals surface area contributed by atoms with Crippen molar-refractivity contribution in [2.75, 3.05) is 11.9 Å². The molecule has 0 spiro atoms. The molecule has 2 atom stereocenters. The number of hydrogen-bond acceptors (Lipinski definition) is 5. The highest BCUT2D eigenvalue weighted by molar-refractivity contribution is 5.84. The Bertz CT molecular complexity index is 408. The second-order valence-electron chi connectivity index (χ2n) is 4.58. The van der Waals surface area contributed by atoms with Gasteiger partial charge in [0.25, 0.3) is 0 Å². The minimum Gasteiger partial charge on any atom is -0.476 e. The van der Waals surface area contributed by atoms with Crippen LogP contribution in [0.5, 0.6) is 0 Å². The van der Waals surface area contributed by atoms with E-state index >= 15 is 0 Å². The number of aliphatic hydroxyl groups is 1. The van der Waals surface area contributed by atoms with Crippen molar-refractivity contribution in [2.24, 2.45) is 5.92 Å². The first-order chi connectivity index (χ1) is 8.66. The Morgan fingerprint density at radius 2 is 2.11 bits per heavy atom. The Labute approximate surface area is 105 Å². The Hall–Kier alpha value is -1.69. The fourth-order valence-corrected chi connectivity index (χ4v) is 2.19. The zero-order chi connectivity index (χ0) is 13.0. The van der Waals surface area contributed by atoms with Crippen LogP contribution in [0.1, 0.15) is 36.2 Å². The molecule has 0 aliphatic heterocycles. The van der Waals surface area contributed by atoms with Gasteiger partial charge in [-0.3, -0.25) is 0 Å². The lowest BCUT2D eigenvalue weighted by atomic mass is 9.86. The molecule has 6 nitrogen and oxygen atoms in total. The van der Waals surface area contributed by atoms with Crippen molar-refractivity contribution in [2.45, 2.75) is 31.8 Å². The van der Waals surface area contributed by atoms with Crippen LogP contribution in [0.4, 0.5) is 5.82 Å². The van der Waals surface area contributed by atoms with E-state index in [9.17, 15) is 9.90 Å². The third kappa shape index (κ3) is 3.16. The number of rotatable bonds is 4. The lowest BCUT2D eigenvalue weighted by molar-refractivity contribution is 0.0690. The van der Waals surface area contributed by atoms with E-state index in [0.29, 0.717) is 12.4 Å². The monoisotopic (exact) mass is 251 g/mol. The van der Waals surface area contributed by atoms with Gasteiger partial charge in [-0.15, -0.1) is 0 Å². The number of aliphatic hydroxyl groups excluding tert-OH is 1. The number of aromatic nitrogens is 2. The standard InChI is InChI=1S/C12H17N3O3/c16-10-4-2-1-3-8(10)5-14-11-7-13-9(6-15-11)12(17)18/h6-8,10,16H,1-5H2,(H,14,15)(H,17,18)/t8-,10+/m1/s1. The highest BCUT2D eigenvalue weighted by atomic mass is 16.4. The summed E-state index contributed by atoms with van der Waals surface area (Å²) >= 11 is 0. The third-order valence-corrected chi connectivity index (χ3v) is 3.29. The molecular formula is C12H17N3O3. The summed E-state index contributed by atoms with van der Waals surface area (Å²) in [6.45, 7) is 0.641. The summed E-state index contributed by atoms with van der Waals surface area (Å²) in [5, 5.41) is 21.6. The number of nitrogens with zero attached hydrogens (tertiary/aromatic N) is 2. The second-order valence-corrected chi connectivity index (χ2v) is 4.58. The highest BCUT2D eigenvalue weighted by Gasteiger charge is 2.22. The summed E-state index contributed by atoms with van der Waals surface area (Å²) in [5.74, 6) is -0.311. The van der Waals surface area contributed by atoms with Gasteiger partial charge >= 0.3 is 5.97 Å². The van der Waals surface area contributed by atoms with E-state index in [2.05, 4.69) is 15.3 Å². The first-order valence-corrected chi connectivity index (χ1v) is 6.14. The fraction of sp³-hybridized carbons (Fsp3) is 0.583. The quantitative estimate of drug-likeness (QED) is 0.742. The molecule has 1 aromatic rings. The molecule has 0 aromatic carbocycles. The maximum Gasteiger partial charge on any atom is 0.356 e. The van der Waals surface area contributed by atoms with Crippen LogP contribution in [0.25, 0.3) is 0 Å². The van der Waals surface area contributed by atoms with Gasteiger partial charge in [0.15, 0.2) is 5.69 Å². The van der Waals surface area contributed by atoms with Gasteiger partial charge in [-0.2, -0.15) is 0 Å². The summed E-state index contributed by atoms with van der Waals surface area (Å²) in [4.78, 5) is 18.4. The van der Waals surface area contributed by atoms with Crippen molar-refractivity contribution < 1.29 is 15.0 Å². The van der Waals surface area contributed by atoms with Gasteiger partial charge in [0, 0.05) is 12.5 Å². The molecule has 98 valence electrons. The van der Waals surface area contributed by atoms with Gasteiger partial charge in [0.1, 0.15) is 5.82 Å². The molecule has 3 N–H and O–H groups in total. The normalized spacial score (nSPS) is 23.6. The largest absolute Gasteiger partial charge is 0.476 e. The molecule has 2 rings (SSSR count). The number of anilines is 1. The summed E-state index contributed by atoms with van der Waals surface area (Å²) in [6, 6.07) is 0. The van der Waals surface area contributed by atoms with Crippen LogP contribution in [-0.4, -0.2) is 38.8 Å². The predicted molar refractivity (Wildman–Crippen MR) is 65.4 cm³/mol. The van der Waals surface area contributed by atoms with E-state index in [1.54, 1.807) is 0 Å². The Morgan fingerprint density at radius 3 is 2.72 bits per heavy atom. The Morgan fingerprint density at radius 1 is 1.33 bits per heavy atom. The average Bonchev–Trinajstić information content (AvgIpc) is 2.38. The van der Waals surface area contributed by atoms with Gasteiger partial charge in [-0.05, 0) is 12.8 Å². The van der Waals surface area contributed by atoms with E-state index in [1.807, 2.05) is 0 Å². The van der Waals surface area contributed by atoms with Crippen LogP contribution < -0.4 is 5.32 Å². The number of nitrogens with one attached hydrogen (secondary N) is 1. The van der Waals surface area contributed by atoms with E-state index in [0.717, 1.165) is 25.7 Å². The minimum atomic E-state index is -1.09. The van der Waals surface area contributed by atoms with Crippen molar-refractivity contribution in [3.8, 4) is 0 Å². The molecule has 0 saturated heterocycles. The van der Waals surface area contributed by atoms with Gasteiger partial charge in [0.2, 0.25) is 0 Å². The van der Waals surface area contributed by atoms with Gasteiger partial charge in [-0.1, -0.05) is 12.8 Å². The van der Waals surface area contributed by atoms with Gasteiger partial charge < -0.3 is 15.5 Å². The average molecular weight is 251 g/mol. The lowest BCUT2D eigenvalue weighted by Gasteiger charge is -2.27. The van der Waals surface area contributed by atoms with Gasteiger partial charge in [-0.25, -0.2) is 14.8 Å². The molecule has 0 unspecified atom stereocenters. The summed E-state index contributed by atoms with van der Waals surface area (Å²) in [5.41, 5.74) is -0.0711. The maximum absolute atomic E-state index is 10.6. The zero-order valence-electron chi connectivity index (χ0n) is 10.0. The molecule has 6 heteroatoms. The Kier molecular flexibility index (Phi) is 4.09. The van der Waals surface area contributed by atoms with E-state index in [-0.39, 0.29) is 17.7 Å². The molecular weight excluding hydrogens is 234 g/mol. The van der Waals surface area contributed by atoms with Gasteiger partial charge in [0.05, 0.1) is 18.5 Å². The molecule has 0 bridgehead atoms. The minimum absolute atomic E-state index is 0.0711. The van der Waals surface area contributed by atoms with E-state index in [1.165, 1.54) is 12.4 Å². The molecule has 1 aromatic heterocycles. The lowest BCUT2D eigenvalue weighted by Crippen LogP contribution is -2.30. The van der Waals surface area contributed by atoms with E-state index < -0.39 is 5.97 Å².